The number of benzene rings is 3. The second-order valence-electron chi connectivity index (χ2n) is 6.04. The molecule has 0 aliphatic carbocycles. The fourth-order valence-corrected chi connectivity index (χ4v) is 2.87. The number of ether oxygens (including phenoxy) is 2. The number of hydrogen-bond acceptors (Lipinski definition) is 4. The van der Waals surface area contributed by atoms with Gasteiger partial charge in [-0.05, 0) is 72.3 Å². The molecule has 3 rings (SSSR count). The smallest absolute Gasteiger partial charge is 0.119 e. The molecule has 0 amide bonds. The molecule has 0 aromatic heterocycles. The van der Waals surface area contributed by atoms with Crippen molar-refractivity contribution < 1.29 is 9.47 Å². The predicted molar refractivity (Wildman–Crippen MR) is 122 cm³/mol. The maximum atomic E-state index is 6.21. The molecule has 0 saturated carbocycles. The lowest BCUT2D eigenvalue weighted by Crippen LogP contribution is -1.99. The lowest BCUT2D eigenvalue weighted by atomic mass is 10.1. The van der Waals surface area contributed by atoms with E-state index in [1.165, 1.54) is 0 Å². The minimum Gasteiger partial charge on any atom is -0.497 e. The zero-order valence-corrected chi connectivity index (χ0v) is 17.5. The van der Waals surface area contributed by atoms with E-state index in [1.807, 2.05) is 66.7 Å². The van der Waals surface area contributed by atoms with Crippen LogP contribution in [0, 0.1) is 0 Å². The Balaban J connectivity index is 1.88. The van der Waals surface area contributed by atoms with Crippen LogP contribution in [0.1, 0.15) is 5.56 Å². The first-order chi connectivity index (χ1) is 14.1. The molecule has 0 aliphatic rings. The molecule has 0 radical (unpaired) electrons. The number of hydrogen-bond donors (Lipinski definition) is 1. The summed E-state index contributed by atoms with van der Waals surface area (Å²) in [6.07, 6.45) is 3.62. The second-order valence-corrected chi connectivity index (χ2v) is 6.85. The SMILES string of the molecule is COc1ccc(N=CC=C(Nc2ccc(OC)cc2)c2ccc(Cl)c(Cl)c2)cc1. The van der Waals surface area contributed by atoms with Crippen molar-refractivity contribution in [3.63, 3.8) is 0 Å². The first-order valence-corrected chi connectivity index (χ1v) is 9.59. The van der Waals surface area contributed by atoms with Crippen LogP contribution in [0.2, 0.25) is 10.0 Å². The van der Waals surface area contributed by atoms with Crippen LogP contribution in [0.3, 0.4) is 0 Å². The van der Waals surface area contributed by atoms with Gasteiger partial charge < -0.3 is 14.8 Å². The predicted octanol–water partition coefficient (Wildman–Crippen LogP) is 6.87. The molecule has 0 saturated heterocycles. The van der Waals surface area contributed by atoms with Crippen molar-refractivity contribution >= 4 is 46.5 Å². The molecule has 0 fully saturated rings. The van der Waals surface area contributed by atoms with E-state index in [-0.39, 0.29) is 0 Å². The van der Waals surface area contributed by atoms with Crippen LogP contribution in [-0.4, -0.2) is 20.4 Å². The monoisotopic (exact) mass is 426 g/mol. The van der Waals surface area contributed by atoms with Gasteiger partial charge in [0.1, 0.15) is 11.5 Å². The summed E-state index contributed by atoms with van der Waals surface area (Å²) in [4.78, 5) is 4.48. The molecule has 29 heavy (non-hydrogen) atoms. The highest BCUT2D eigenvalue weighted by molar-refractivity contribution is 6.42. The molecule has 0 atom stereocenters. The summed E-state index contributed by atoms with van der Waals surface area (Å²) in [7, 11) is 3.27. The molecule has 148 valence electrons. The van der Waals surface area contributed by atoms with Gasteiger partial charge in [0.25, 0.3) is 0 Å². The highest BCUT2D eigenvalue weighted by atomic mass is 35.5. The number of allylic oxidation sites excluding steroid dienone is 1. The van der Waals surface area contributed by atoms with Gasteiger partial charge in [-0.25, -0.2) is 0 Å². The number of nitrogens with zero attached hydrogens (tertiary/aromatic N) is 1. The van der Waals surface area contributed by atoms with E-state index in [0.29, 0.717) is 10.0 Å². The molecule has 1 N–H and O–H groups in total. The van der Waals surface area contributed by atoms with Gasteiger partial charge in [0.05, 0.1) is 30.0 Å². The minimum atomic E-state index is 0.485. The van der Waals surface area contributed by atoms with Gasteiger partial charge >= 0.3 is 0 Å². The van der Waals surface area contributed by atoms with Crippen molar-refractivity contribution in [3.05, 3.63) is 88.4 Å². The van der Waals surface area contributed by atoms with Crippen LogP contribution >= 0.6 is 23.2 Å². The summed E-state index contributed by atoms with van der Waals surface area (Å²) in [5.41, 5.74) is 3.43. The molecule has 6 heteroatoms. The fourth-order valence-electron chi connectivity index (χ4n) is 2.57. The van der Waals surface area contributed by atoms with Gasteiger partial charge in [0, 0.05) is 17.6 Å². The summed E-state index contributed by atoms with van der Waals surface area (Å²) in [6.45, 7) is 0. The molecular weight excluding hydrogens is 407 g/mol. The molecule has 3 aromatic carbocycles. The molecular formula is C23H20Cl2N2O2. The van der Waals surface area contributed by atoms with E-state index in [9.17, 15) is 0 Å². The molecule has 3 aromatic rings. The molecule has 0 bridgehead atoms. The average molecular weight is 427 g/mol. The number of aliphatic imine (C=N–C) groups is 1. The Hall–Kier alpha value is -2.95. The summed E-state index contributed by atoms with van der Waals surface area (Å²) in [6, 6.07) is 20.6. The van der Waals surface area contributed by atoms with Crippen molar-refractivity contribution in [2.24, 2.45) is 4.99 Å². The van der Waals surface area contributed by atoms with Crippen LogP contribution < -0.4 is 14.8 Å². The van der Waals surface area contributed by atoms with Crippen LogP contribution in [-0.2, 0) is 0 Å². The van der Waals surface area contributed by atoms with E-state index < -0.39 is 0 Å². The molecule has 0 aliphatic heterocycles. The third kappa shape index (κ3) is 5.76. The molecule has 0 spiro atoms. The quantitative estimate of drug-likeness (QED) is 0.419. The van der Waals surface area contributed by atoms with E-state index in [2.05, 4.69) is 10.3 Å². The van der Waals surface area contributed by atoms with Crippen molar-refractivity contribution in [2.45, 2.75) is 0 Å². The summed E-state index contributed by atoms with van der Waals surface area (Å²) in [5, 5.41) is 4.38. The van der Waals surface area contributed by atoms with E-state index in [0.717, 1.165) is 34.1 Å². The van der Waals surface area contributed by atoms with Gasteiger partial charge in [-0.3, -0.25) is 4.99 Å². The normalized spacial score (nSPS) is 11.5. The summed E-state index contributed by atoms with van der Waals surface area (Å²) < 4.78 is 10.4. The minimum absolute atomic E-state index is 0.485. The Kier molecular flexibility index (Phi) is 7.17. The fraction of sp³-hybridized carbons (Fsp3) is 0.0870. The number of anilines is 1. The van der Waals surface area contributed by atoms with Gasteiger partial charge in [-0.15, -0.1) is 0 Å². The zero-order chi connectivity index (χ0) is 20.6. The second kappa shape index (κ2) is 10.0. The van der Waals surface area contributed by atoms with Crippen LogP contribution in [0.5, 0.6) is 11.5 Å². The van der Waals surface area contributed by atoms with Crippen LogP contribution in [0.15, 0.2) is 77.8 Å². The molecule has 0 heterocycles. The molecule has 0 unspecified atom stereocenters. The van der Waals surface area contributed by atoms with Gasteiger partial charge in [-0.2, -0.15) is 0 Å². The van der Waals surface area contributed by atoms with E-state index in [1.54, 1.807) is 26.5 Å². The van der Waals surface area contributed by atoms with Crippen molar-refractivity contribution in [1.29, 1.82) is 0 Å². The lowest BCUT2D eigenvalue weighted by Gasteiger charge is -2.12. The van der Waals surface area contributed by atoms with Gasteiger partial charge in [0.2, 0.25) is 0 Å². The average Bonchev–Trinajstić information content (AvgIpc) is 2.76. The Morgan fingerprint density at radius 2 is 1.45 bits per heavy atom. The highest BCUT2D eigenvalue weighted by Gasteiger charge is 2.06. The standard InChI is InChI=1S/C23H20Cl2N2O2/c1-28-19-8-4-17(5-9-19)26-14-13-23(16-3-12-21(24)22(25)15-16)27-18-6-10-20(29-2)11-7-18/h3-15,27H,1-2H3. The number of halogens is 2. The number of rotatable bonds is 7. The maximum absolute atomic E-state index is 6.21. The van der Waals surface area contributed by atoms with Crippen molar-refractivity contribution in [2.75, 3.05) is 19.5 Å². The van der Waals surface area contributed by atoms with Crippen molar-refractivity contribution in [3.8, 4) is 11.5 Å². The Bertz CT molecular complexity index is 1010. The topological polar surface area (TPSA) is 42.8 Å². The zero-order valence-electron chi connectivity index (χ0n) is 16.0. The first-order valence-electron chi connectivity index (χ1n) is 8.84. The largest absolute Gasteiger partial charge is 0.497 e. The Morgan fingerprint density at radius 3 is 2.03 bits per heavy atom. The highest BCUT2D eigenvalue weighted by Crippen LogP contribution is 2.27. The van der Waals surface area contributed by atoms with Gasteiger partial charge in [0.15, 0.2) is 0 Å². The number of nitrogens with one attached hydrogen (secondary N) is 1. The Morgan fingerprint density at radius 1 is 0.828 bits per heavy atom. The van der Waals surface area contributed by atoms with Crippen LogP contribution in [0.25, 0.3) is 5.70 Å². The van der Waals surface area contributed by atoms with E-state index in [4.69, 9.17) is 32.7 Å². The molecule has 4 nitrogen and oxygen atoms in total. The van der Waals surface area contributed by atoms with Crippen LogP contribution in [0.4, 0.5) is 11.4 Å². The summed E-state index contributed by atoms with van der Waals surface area (Å²) in [5.74, 6) is 1.58. The third-order valence-electron chi connectivity index (χ3n) is 4.14. The number of methoxy groups -OCH3 is 2. The van der Waals surface area contributed by atoms with Gasteiger partial charge in [-0.1, -0.05) is 29.3 Å². The van der Waals surface area contributed by atoms with Crippen molar-refractivity contribution in [1.82, 2.24) is 0 Å². The third-order valence-corrected chi connectivity index (χ3v) is 4.88. The maximum Gasteiger partial charge on any atom is 0.119 e. The summed E-state index contributed by atoms with van der Waals surface area (Å²) >= 11 is 12.3. The first kappa shape index (κ1) is 20.8. The lowest BCUT2D eigenvalue weighted by molar-refractivity contribution is 0.415. The van der Waals surface area contributed by atoms with E-state index >= 15 is 0 Å². The Labute approximate surface area is 180 Å².